The van der Waals surface area contributed by atoms with Crippen molar-refractivity contribution in [2.75, 3.05) is 23.7 Å². The molecule has 2 aromatic carbocycles. The number of hydrogen-bond acceptors (Lipinski definition) is 4. The summed E-state index contributed by atoms with van der Waals surface area (Å²) in [6, 6.07) is 15.7. The summed E-state index contributed by atoms with van der Waals surface area (Å²) < 4.78 is 26.0. The lowest BCUT2D eigenvalue weighted by atomic mass is 10.1. The summed E-state index contributed by atoms with van der Waals surface area (Å²) in [4.78, 5) is 27.7. The molecule has 0 saturated heterocycles. The molecule has 0 aliphatic rings. The number of nitrogens with one attached hydrogen (secondary N) is 1. The molecule has 0 aliphatic carbocycles. The van der Waals surface area contributed by atoms with Crippen LogP contribution in [-0.4, -0.2) is 56.1 Å². The average molecular weight is 522 g/mol. The fourth-order valence-electron chi connectivity index (χ4n) is 3.68. The Labute approximate surface area is 214 Å². The van der Waals surface area contributed by atoms with E-state index in [0.717, 1.165) is 11.8 Å². The highest BCUT2D eigenvalue weighted by atomic mass is 35.5. The van der Waals surface area contributed by atoms with Crippen LogP contribution in [-0.2, 0) is 26.0 Å². The highest BCUT2D eigenvalue weighted by Crippen LogP contribution is 2.22. The minimum absolute atomic E-state index is 0.106. The van der Waals surface area contributed by atoms with Crippen molar-refractivity contribution in [2.24, 2.45) is 0 Å². The number of carbonyl (C=O) groups excluding carboxylic acids is 2. The number of rotatable bonds is 11. The molecule has 192 valence electrons. The SMILES string of the molecule is CC(C(=O)NC(C)(C)C)N(CCc1ccccc1)C(=O)CCCN(c1cccc(Cl)c1)S(C)(=O)=O. The molecular formula is C26H36ClN3O4S. The van der Waals surface area contributed by atoms with Crippen LogP contribution in [0.3, 0.4) is 0 Å². The van der Waals surface area contributed by atoms with E-state index in [-0.39, 0.29) is 24.8 Å². The van der Waals surface area contributed by atoms with Gasteiger partial charge in [-0.1, -0.05) is 48.0 Å². The van der Waals surface area contributed by atoms with Crippen molar-refractivity contribution >= 4 is 39.1 Å². The molecule has 1 unspecified atom stereocenters. The summed E-state index contributed by atoms with van der Waals surface area (Å²) in [5.41, 5.74) is 1.09. The Balaban J connectivity index is 2.13. The maximum absolute atomic E-state index is 13.3. The Bertz CT molecular complexity index is 1100. The molecule has 0 aliphatic heterocycles. The second-order valence-corrected chi connectivity index (χ2v) is 12.0. The second-order valence-electron chi connectivity index (χ2n) is 9.66. The zero-order valence-corrected chi connectivity index (χ0v) is 22.7. The smallest absolute Gasteiger partial charge is 0.242 e. The first-order valence-corrected chi connectivity index (χ1v) is 13.9. The standard InChI is InChI=1S/C26H36ClN3O4S/c1-20(25(32)28-26(2,3)4)29(18-16-21-11-7-6-8-12-21)24(31)15-10-17-30(35(5,33)34)23-14-9-13-22(27)19-23/h6-9,11-14,19-20H,10,15-18H2,1-5H3,(H,28,32). The lowest BCUT2D eigenvalue weighted by Crippen LogP contribution is -2.53. The second kappa shape index (κ2) is 12.4. The Hall–Kier alpha value is -2.58. The zero-order chi connectivity index (χ0) is 26.2. The topological polar surface area (TPSA) is 86.8 Å². The van der Waals surface area contributed by atoms with Gasteiger partial charge in [0.2, 0.25) is 21.8 Å². The van der Waals surface area contributed by atoms with Crippen LogP contribution in [0, 0.1) is 0 Å². The maximum Gasteiger partial charge on any atom is 0.242 e. The molecule has 0 fully saturated rings. The molecular weight excluding hydrogens is 486 g/mol. The van der Waals surface area contributed by atoms with Crippen molar-refractivity contribution in [1.29, 1.82) is 0 Å². The third kappa shape index (κ3) is 9.53. The molecule has 0 saturated carbocycles. The molecule has 9 heteroatoms. The van der Waals surface area contributed by atoms with E-state index in [2.05, 4.69) is 5.32 Å². The molecule has 1 atom stereocenters. The summed E-state index contributed by atoms with van der Waals surface area (Å²) in [6.07, 6.45) is 2.14. The summed E-state index contributed by atoms with van der Waals surface area (Å²) in [7, 11) is -3.56. The molecule has 2 aromatic rings. The van der Waals surface area contributed by atoms with Crippen LogP contribution in [0.25, 0.3) is 0 Å². The van der Waals surface area contributed by atoms with Crippen LogP contribution in [0.2, 0.25) is 5.02 Å². The minimum Gasteiger partial charge on any atom is -0.350 e. The van der Waals surface area contributed by atoms with Crippen LogP contribution < -0.4 is 9.62 Å². The van der Waals surface area contributed by atoms with Gasteiger partial charge in [-0.15, -0.1) is 0 Å². The van der Waals surface area contributed by atoms with Gasteiger partial charge < -0.3 is 10.2 Å². The summed E-state index contributed by atoms with van der Waals surface area (Å²) in [5, 5.41) is 3.37. The van der Waals surface area contributed by atoms with E-state index < -0.39 is 21.6 Å². The van der Waals surface area contributed by atoms with Gasteiger partial charge in [-0.05, 0) is 64.3 Å². The molecule has 7 nitrogen and oxygen atoms in total. The van der Waals surface area contributed by atoms with Crippen molar-refractivity contribution in [3.8, 4) is 0 Å². The minimum atomic E-state index is -3.56. The quantitative estimate of drug-likeness (QED) is 0.478. The van der Waals surface area contributed by atoms with Crippen molar-refractivity contribution in [3.05, 3.63) is 65.2 Å². The molecule has 0 heterocycles. The van der Waals surface area contributed by atoms with Gasteiger partial charge in [0.1, 0.15) is 6.04 Å². The number of halogens is 1. The van der Waals surface area contributed by atoms with Gasteiger partial charge in [-0.3, -0.25) is 13.9 Å². The number of hydrogen-bond donors (Lipinski definition) is 1. The number of anilines is 1. The fraction of sp³-hybridized carbons (Fsp3) is 0.462. The first-order chi connectivity index (χ1) is 16.3. The third-order valence-corrected chi connectivity index (χ3v) is 6.83. The molecule has 0 radical (unpaired) electrons. The van der Waals surface area contributed by atoms with E-state index in [9.17, 15) is 18.0 Å². The van der Waals surface area contributed by atoms with Gasteiger partial charge >= 0.3 is 0 Å². The molecule has 0 spiro atoms. The van der Waals surface area contributed by atoms with Crippen molar-refractivity contribution in [3.63, 3.8) is 0 Å². The zero-order valence-electron chi connectivity index (χ0n) is 21.1. The third-order valence-electron chi connectivity index (χ3n) is 5.40. The molecule has 0 bridgehead atoms. The summed E-state index contributed by atoms with van der Waals surface area (Å²) in [5.74, 6) is -0.423. The van der Waals surface area contributed by atoms with Gasteiger partial charge in [0.05, 0.1) is 11.9 Å². The van der Waals surface area contributed by atoms with Gasteiger partial charge in [-0.25, -0.2) is 8.42 Å². The Kier molecular flexibility index (Phi) is 10.2. The molecule has 0 aromatic heterocycles. The van der Waals surface area contributed by atoms with Crippen LogP contribution >= 0.6 is 11.6 Å². The number of nitrogens with zero attached hydrogens (tertiary/aromatic N) is 2. The normalized spacial score (nSPS) is 12.6. The highest BCUT2D eigenvalue weighted by Gasteiger charge is 2.28. The summed E-state index contributed by atoms with van der Waals surface area (Å²) in [6.45, 7) is 7.90. The Morgan fingerprint density at radius 1 is 1.03 bits per heavy atom. The number of carbonyl (C=O) groups is 2. The highest BCUT2D eigenvalue weighted by molar-refractivity contribution is 7.92. The van der Waals surface area contributed by atoms with E-state index in [0.29, 0.717) is 30.1 Å². The van der Waals surface area contributed by atoms with Crippen molar-refractivity contribution < 1.29 is 18.0 Å². The van der Waals surface area contributed by atoms with E-state index in [4.69, 9.17) is 11.6 Å². The number of benzene rings is 2. The van der Waals surface area contributed by atoms with E-state index in [1.165, 1.54) is 4.31 Å². The Morgan fingerprint density at radius 2 is 1.69 bits per heavy atom. The maximum atomic E-state index is 13.3. The van der Waals surface area contributed by atoms with Gasteiger partial charge in [0, 0.05) is 30.1 Å². The molecule has 35 heavy (non-hydrogen) atoms. The van der Waals surface area contributed by atoms with Crippen molar-refractivity contribution in [2.45, 2.75) is 58.5 Å². The first kappa shape index (κ1) is 28.7. The molecule has 2 amide bonds. The molecule has 1 N–H and O–H groups in total. The average Bonchev–Trinajstić information content (AvgIpc) is 2.75. The van der Waals surface area contributed by atoms with Crippen molar-refractivity contribution in [1.82, 2.24) is 10.2 Å². The van der Waals surface area contributed by atoms with E-state index in [1.54, 1.807) is 36.1 Å². The monoisotopic (exact) mass is 521 g/mol. The molecule has 2 rings (SSSR count). The lowest BCUT2D eigenvalue weighted by Gasteiger charge is -2.32. The predicted octanol–water partition coefficient (Wildman–Crippen LogP) is 4.26. The lowest BCUT2D eigenvalue weighted by molar-refractivity contribution is -0.140. The van der Waals surface area contributed by atoms with Crippen LogP contribution in [0.5, 0.6) is 0 Å². The van der Waals surface area contributed by atoms with Crippen LogP contribution in [0.4, 0.5) is 5.69 Å². The van der Waals surface area contributed by atoms with Gasteiger partial charge in [0.15, 0.2) is 0 Å². The first-order valence-electron chi connectivity index (χ1n) is 11.7. The van der Waals surface area contributed by atoms with Gasteiger partial charge in [-0.2, -0.15) is 0 Å². The van der Waals surface area contributed by atoms with Crippen LogP contribution in [0.1, 0.15) is 46.1 Å². The largest absolute Gasteiger partial charge is 0.350 e. The summed E-state index contributed by atoms with van der Waals surface area (Å²) >= 11 is 6.04. The van der Waals surface area contributed by atoms with Crippen LogP contribution in [0.15, 0.2) is 54.6 Å². The number of sulfonamides is 1. The fourth-order valence-corrected chi connectivity index (χ4v) is 4.82. The van der Waals surface area contributed by atoms with Gasteiger partial charge in [0.25, 0.3) is 0 Å². The Morgan fingerprint density at radius 3 is 2.26 bits per heavy atom. The number of amides is 2. The van der Waals surface area contributed by atoms with E-state index in [1.807, 2.05) is 51.1 Å². The van der Waals surface area contributed by atoms with E-state index >= 15 is 0 Å². The predicted molar refractivity (Wildman–Crippen MR) is 142 cm³/mol.